The SMILES string of the molecule is Cc1cccc2c1CN(C(=O)OC(C)(C)C)CC2(F)F. The van der Waals surface area contributed by atoms with E-state index in [9.17, 15) is 13.6 Å². The highest BCUT2D eigenvalue weighted by molar-refractivity contribution is 5.69. The van der Waals surface area contributed by atoms with E-state index < -0.39 is 24.2 Å². The molecule has 0 aliphatic carbocycles. The molecule has 0 unspecified atom stereocenters. The highest BCUT2D eigenvalue weighted by atomic mass is 19.3. The molecule has 2 rings (SSSR count). The molecule has 0 N–H and O–H groups in total. The molecule has 1 aliphatic rings. The van der Waals surface area contributed by atoms with Crippen molar-refractivity contribution in [2.75, 3.05) is 6.54 Å². The Kier molecular flexibility index (Phi) is 3.48. The average Bonchev–Trinajstić information content (AvgIpc) is 2.27. The number of hydrogen-bond acceptors (Lipinski definition) is 2. The number of benzene rings is 1. The first kappa shape index (κ1) is 14.8. The molecule has 0 spiro atoms. The second-order valence-corrected chi connectivity index (χ2v) is 6.14. The standard InChI is InChI=1S/C15H19F2NO2/c1-10-6-5-7-12-11(10)8-18(9-15(12,16)17)13(19)20-14(2,3)4/h5-7H,8-9H2,1-4H3. The summed E-state index contributed by atoms with van der Waals surface area (Å²) in [6, 6.07) is 4.81. The van der Waals surface area contributed by atoms with Crippen molar-refractivity contribution in [3.8, 4) is 0 Å². The van der Waals surface area contributed by atoms with Gasteiger partial charge in [-0.3, -0.25) is 4.90 Å². The molecule has 110 valence electrons. The van der Waals surface area contributed by atoms with Gasteiger partial charge < -0.3 is 4.74 Å². The number of carbonyl (C=O) groups excluding carboxylic acids is 1. The number of ether oxygens (including phenoxy) is 1. The summed E-state index contributed by atoms with van der Waals surface area (Å²) >= 11 is 0. The van der Waals surface area contributed by atoms with E-state index in [-0.39, 0.29) is 12.1 Å². The molecule has 1 aliphatic heterocycles. The van der Waals surface area contributed by atoms with Crippen LogP contribution < -0.4 is 0 Å². The molecule has 0 saturated carbocycles. The zero-order chi connectivity index (χ0) is 15.1. The fraction of sp³-hybridized carbons (Fsp3) is 0.533. The lowest BCUT2D eigenvalue weighted by atomic mass is 9.93. The predicted octanol–water partition coefficient (Wildman–Crippen LogP) is 3.84. The molecule has 1 aromatic rings. The second-order valence-electron chi connectivity index (χ2n) is 6.14. The zero-order valence-corrected chi connectivity index (χ0v) is 12.2. The fourth-order valence-electron chi connectivity index (χ4n) is 2.28. The van der Waals surface area contributed by atoms with Gasteiger partial charge >= 0.3 is 6.09 Å². The molecule has 1 amide bonds. The minimum absolute atomic E-state index is 0.0114. The quantitative estimate of drug-likeness (QED) is 0.724. The molecule has 0 fully saturated rings. The van der Waals surface area contributed by atoms with Crippen molar-refractivity contribution >= 4 is 6.09 Å². The number of alkyl halides is 2. The summed E-state index contributed by atoms with van der Waals surface area (Å²) in [6.45, 7) is 6.43. The Hall–Kier alpha value is -1.65. The minimum Gasteiger partial charge on any atom is -0.444 e. The average molecular weight is 283 g/mol. The molecule has 5 heteroatoms. The molecule has 1 heterocycles. The van der Waals surface area contributed by atoms with E-state index in [2.05, 4.69) is 0 Å². The zero-order valence-electron chi connectivity index (χ0n) is 12.2. The maximum Gasteiger partial charge on any atom is 0.410 e. The van der Waals surface area contributed by atoms with Gasteiger partial charge in [-0.25, -0.2) is 4.79 Å². The number of rotatable bonds is 0. The van der Waals surface area contributed by atoms with Gasteiger partial charge in [0.1, 0.15) is 5.60 Å². The number of carbonyl (C=O) groups is 1. The maximum absolute atomic E-state index is 14.2. The third kappa shape index (κ3) is 2.92. The van der Waals surface area contributed by atoms with Crippen molar-refractivity contribution in [1.82, 2.24) is 4.90 Å². The Morgan fingerprint density at radius 3 is 2.60 bits per heavy atom. The summed E-state index contributed by atoms with van der Waals surface area (Å²) in [4.78, 5) is 13.1. The molecule has 0 bridgehead atoms. The van der Waals surface area contributed by atoms with Crippen molar-refractivity contribution in [2.45, 2.75) is 45.8 Å². The van der Waals surface area contributed by atoms with Gasteiger partial charge in [0.15, 0.2) is 0 Å². The number of halogens is 2. The van der Waals surface area contributed by atoms with E-state index in [1.165, 1.54) is 6.07 Å². The Labute approximate surface area is 117 Å². The van der Waals surface area contributed by atoms with Crippen LogP contribution in [0.3, 0.4) is 0 Å². The van der Waals surface area contributed by atoms with Crippen molar-refractivity contribution < 1.29 is 18.3 Å². The van der Waals surface area contributed by atoms with Crippen molar-refractivity contribution in [2.24, 2.45) is 0 Å². The monoisotopic (exact) mass is 283 g/mol. The van der Waals surface area contributed by atoms with Gasteiger partial charge in [-0.05, 0) is 38.8 Å². The summed E-state index contributed by atoms with van der Waals surface area (Å²) in [5, 5.41) is 0. The Morgan fingerprint density at radius 2 is 2.00 bits per heavy atom. The summed E-state index contributed by atoms with van der Waals surface area (Å²) in [5.74, 6) is -3.05. The molecule has 0 radical (unpaired) electrons. The fourth-order valence-corrected chi connectivity index (χ4v) is 2.28. The number of nitrogens with zero attached hydrogens (tertiary/aromatic N) is 1. The third-order valence-electron chi connectivity index (χ3n) is 3.19. The predicted molar refractivity (Wildman–Crippen MR) is 71.7 cm³/mol. The second kappa shape index (κ2) is 4.72. The van der Waals surface area contributed by atoms with Crippen LogP contribution in [0.2, 0.25) is 0 Å². The van der Waals surface area contributed by atoms with Crippen molar-refractivity contribution in [1.29, 1.82) is 0 Å². The summed E-state index contributed by atoms with van der Waals surface area (Å²) in [5.41, 5.74) is 0.584. The summed E-state index contributed by atoms with van der Waals surface area (Å²) in [7, 11) is 0. The first-order chi connectivity index (χ1) is 9.10. The van der Waals surface area contributed by atoms with Gasteiger partial charge in [-0.2, -0.15) is 8.78 Å². The highest BCUT2D eigenvalue weighted by Crippen LogP contribution is 2.38. The lowest BCUT2D eigenvalue weighted by Crippen LogP contribution is -2.46. The van der Waals surface area contributed by atoms with E-state index in [0.29, 0.717) is 5.56 Å². The van der Waals surface area contributed by atoms with E-state index >= 15 is 0 Å². The first-order valence-electron chi connectivity index (χ1n) is 6.55. The Bertz CT molecular complexity index is 535. The largest absolute Gasteiger partial charge is 0.444 e. The lowest BCUT2D eigenvalue weighted by molar-refractivity contribution is -0.0592. The number of fused-ring (bicyclic) bond motifs is 1. The molecule has 0 atom stereocenters. The lowest BCUT2D eigenvalue weighted by Gasteiger charge is -2.36. The van der Waals surface area contributed by atoms with Crippen LogP contribution in [0.25, 0.3) is 0 Å². The van der Waals surface area contributed by atoms with Crippen LogP contribution in [-0.2, 0) is 17.2 Å². The molecule has 1 aromatic carbocycles. The summed E-state index contributed by atoms with van der Waals surface area (Å²) < 4.78 is 33.5. The molecular formula is C15H19F2NO2. The molecule has 0 saturated heterocycles. The number of amides is 1. The van der Waals surface area contributed by atoms with Crippen molar-refractivity contribution in [3.63, 3.8) is 0 Å². The normalized spacial score (nSPS) is 17.6. The maximum atomic E-state index is 14.2. The molecule has 20 heavy (non-hydrogen) atoms. The Morgan fingerprint density at radius 1 is 1.35 bits per heavy atom. The van der Waals surface area contributed by atoms with E-state index in [4.69, 9.17) is 4.74 Å². The van der Waals surface area contributed by atoms with Crippen LogP contribution in [0, 0.1) is 6.92 Å². The van der Waals surface area contributed by atoms with Crippen LogP contribution in [-0.4, -0.2) is 23.1 Å². The van der Waals surface area contributed by atoms with E-state index in [0.717, 1.165) is 10.5 Å². The van der Waals surface area contributed by atoms with Gasteiger partial charge in [0.2, 0.25) is 0 Å². The van der Waals surface area contributed by atoms with Gasteiger partial charge in [0.25, 0.3) is 5.92 Å². The van der Waals surface area contributed by atoms with Crippen LogP contribution in [0.15, 0.2) is 18.2 Å². The third-order valence-corrected chi connectivity index (χ3v) is 3.19. The Balaban J connectivity index is 2.30. The summed E-state index contributed by atoms with van der Waals surface area (Å²) in [6.07, 6.45) is -0.703. The van der Waals surface area contributed by atoms with E-state index in [1.807, 2.05) is 0 Å². The molecular weight excluding hydrogens is 264 g/mol. The first-order valence-corrected chi connectivity index (χ1v) is 6.55. The van der Waals surface area contributed by atoms with Crippen LogP contribution >= 0.6 is 0 Å². The highest BCUT2D eigenvalue weighted by Gasteiger charge is 2.43. The van der Waals surface area contributed by atoms with Crippen LogP contribution in [0.5, 0.6) is 0 Å². The number of aryl methyl sites for hydroxylation is 1. The van der Waals surface area contributed by atoms with Gasteiger partial charge in [-0.1, -0.05) is 18.2 Å². The topological polar surface area (TPSA) is 29.5 Å². The van der Waals surface area contributed by atoms with Gasteiger partial charge in [0.05, 0.1) is 13.1 Å². The molecule has 0 aromatic heterocycles. The van der Waals surface area contributed by atoms with Crippen LogP contribution in [0.1, 0.15) is 37.5 Å². The molecule has 3 nitrogen and oxygen atoms in total. The van der Waals surface area contributed by atoms with Crippen LogP contribution in [0.4, 0.5) is 13.6 Å². The van der Waals surface area contributed by atoms with Crippen molar-refractivity contribution in [3.05, 3.63) is 34.9 Å². The van der Waals surface area contributed by atoms with Gasteiger partial charge in [0, 0.05) is 5.56 Å². The van der Waals surface area contributed by atoms with E-state index in [1.54, 1.807) is 39.8 Å². The number of hydrogen-bond donors (Lipinski definition) is 0. The van der Waals surface area contributed by atoms with Gasteiger partial charge in [-0.15, -0.1) is 0 Å². The smallest absolute Gasteiger partial charge is 0.410 e. The minimum atomic E-state index is -3.05.